The predicted molar refractivity (Wildman–Crippen MR) is 67.5 cm³/mol. The van der Waals surface area contributed by atoms with Crippen molar-refractivity contribution in [2.24, 2.45) is 0 Å². The van der Waals surface area contributed by atoms with Crippen LogP contribution in [0.2, 0.25) is 0 Å². The minimum Gasteiger partial charge on any atom is -0.398 e. The van der Waals surface area contributed by atoms with Crippen molar-refractivity contribution in [1.29, 1.82) is 0 Å². The van der Waals surface area contributed by atoms with Crippen LogP contribution in [0.3, 0.4) is 0 Å². The summed E-state index contributed by atoms with van der Waals surface area (Å²) in [7, 11) is 1.64. The highest BCUT2D eigenvalue weighted by molar-refractivity contribution is 5.81. The highest BCUT2D eigenvalue weighted by atomic mass is 16.1. The van der Waals surface area contributed by atoms with Crippen molar-refractivity contribution in [1.82, 2.24) is 5.32 Å². The quantitative estimate of drug-likeness (QED) is 0.750. The fraction of sp³-hybridized carbons (Fsp3) is 0.417. The van der Waals surface area contributed by atoms with Crippen LogP contribution in [0.4, 0.5) is 11.4 Å². The number of carbonyl (C=O) groups excluding carboxylic acids is 1. The summed E-state index contributed by atoms with van der Waals surface area (Å²) in [5.74, 6) is 0.00340. The SMILES string of the molecule is CCN(CC(=O)NC)c1cccc(N)c1C. The van der Waals surface area contributed by atoms with Crippen molar-refractivity contribution < 1.29 is 4.79 Å². The lowest BCUT2D eigenvalue weighted by atomic mass is 10.1. The Kier molecular flexibility index (Phi) is 4.17. The molecule has 0 aromatic heterocycles. The van der Waals surface area contributed by atoms with Gasteiger partial charge in [0.05, 0.1) is 6.54 Å². The van der Waals surface area contributed by atoms with Gasteiger partial charge < -0.3 is 16.0 Å². The molecule has 4 heteroatoms. The van der Waals surface area contributed by atoms with Gasteiger partial charge >= 0.3 is 0 Å². The number of anilines is 2. The summed E-state index contributed by atoms with van der Waals surface area (Å²) in [4.78, 5) is 13.4. The summed E-state index contributed by atoms with van der Waals surface area (Å²) < 4.78 is 0. The summed E-state index contributed by atoms with van der Waals surface area (Å²) in [6.07, 6.45) is 0. The van der Waals surface area contributed by atoms with Crippen LogP contribution in [0.25, 0.3) is 0 Å². The molecule has 3 N–H and O–H groups in total. The number of nitrogens with one attached hydrogen (secondary N) is 1. The molecular weight excluding hydrogens is 202 g/mol. The first-order valence-electron chi connectivity index (χ1n) is 5.40. The van der Waals surface area contributed by atoms with Crippen molar-refractivity contribution in [2.75, 3.05) is 30.8 Å². The minimum atomic E-state index is 0.00340. The molecule has 0 radical (unpaired) electrons. The summed E-state index contributed by atoms with van der Waals surface area (Å²) in [6.45, 7) is 5.12. The van der Waals surface area contributed by atoms with E-state index < -0.39 is 0 Å². The van der Waals surface area contributed by atoms with Gasteiger partial charge in [0.15, 0.2) is 0 Å². The van der Waals surface area contributed by atoms with E-state index in [4.69, 9.17) is 5.73 Å². The van der Waals surface area contributed by atoms with E-state index in [0.717, 1.165) is 23.5 Å². The van der Waals surface area contributed by atoms with Crippen molar-refractivity contribution >= 4 is 17.3 Å². The number of rotatable bonds is 4. The second-order valence-corrected chi connectivity index (χ2v) is 3.68. The Balaban J connectivity index is 2.95. The standard InChI is InChI=1S/C12H19N3O/c1-4-15(8-12(16)14-3)11-7-5-6-10(13)9(11)2/h5-7H,4,8,13H2,1-3H3,(H,14,16). The molecule has 0 aliphatic heterocycles. The fourth-order valence-corrected chi connectivity index (χ4v) is 1.60. The first kappa shape index (κ1) is 12.4. The second-order valence-electron chi connectivity index (χ2n) is 3.68. The van der Waals surface area contributed by atoms with E-state index in [1.165, 1.54) is 0 Å². The first-order valence-corrected chi connectivity index (χ1v) is 5.40. The van der Waals surface area contributed by atoms with Crippen LogP contribution in [-0.4, -0.2) is 26.0 Å². The topological polar surface area (TPSA) is 58.4 Å². The van der Waals surface area contributed by atoms with Crippen molar-refractivity contribution in [2.45, 2.75) is 13.8 Å². The molecule has 0 fully saturated rings. The lowest BCUT2D eigenvalue weighted by Crippen LogP contribution is -2.35. The second kappa shape index (κ2) is 5.39. The molecule has 0 aliphatic rings. The molecule has 0 spiro atoms. The van der Waals surface area contributed by atoms with E-state index in [-0.39, 0.29) is 5.91 Å². The molecule has 1 aromatic carbocycles. The Labute approximate surface area is 96.4 Å². The van der Waals surface area contributed by atoms with Gasteiger partial charge in [-0.2, -0.15) is 0 Å². The number of nitrogen functional groups attached to an aromatic ring is 1. The Bertz CT molecular complexity index is 377. The van der Waals surface area contributed by atoms with Gasteiger partial charge in [-0.1, -0.05) is 6.07 Å². The van der Waals surface area contributed by atoms with Crippen LogP contribution in [0.1, 0.15) is 12.5 Å². The minimum absolute atomic E-state index is 0.00340. The Morgan fingerprint density at radius 2 is 2.19 bits per heavy atom. The number of benzene rings is 1. The van der Waals surface area contributed by atoms with Crippen LogP contribution in [0, 0.1) is 6.92 Å². The van der Waals surface area contributed by atoms with Gasteiger partial charge in [-0.15, -0.1) is 0 Å². The molecule has 1 rings (SSSR count). The van der Waals surface area contributed by atoms with Gasteiger partial charge in [-0.3, -0.25) is 4.79 Å². The number of carbonyl (C=O) groups is 1. The third-order valence-corrected chi connectivity index (χ3v) is 2.68. The molecule has 0 saturated carbocycles. The molecule has 16 heavy (non-hydrogen) atoms. The highest BCUT2D eigenvalue weighted by Gasteiger charge is 2.11. The average molecular weight is 221 g/mol. The maximum absolute atomic E-state index is 11.4. The Morgan fingerprint density at radius 3 is 2.75 bits per heavy atom. The van der Waals surface area contributed by atoms with Gasteiger partial charge in [0.1, 0.15) is 0 Å². The van der Waals surface area contributed by atoms with E-state index in [1.807, 2.05) is 36.9 Å². The predicted octanol–water partition coefficient (Wildman–Crippen LogP) is 1.15. The Hall–Kier alpha value is -1.71. The number of hydrogen-bond acceptors (Lipinski definition) is 3. The molecule has 0 unspecified atom stereocenters. The van der Waals surface area contributed by atoms with Crippen molar-refractivity contribution in [3.63, 3.8) is 0 Å². The maximum Gasteiger partial charge on any atom is 0.239 e. The zero-order chi connectivity index (χ0) is 12.1. The molecule has 0 saturated heterocycles. The third kappa shape index (κ3) is 2.66. The average Bonchev–Trinajstić information content (AvgIpc) is 2.29. The van der Waals surface area contributed by atoms with Gasteiger partial charge in [0, 0.05) is 25.0 Å². The molecule has 0 bridgehead atoms. The van der Waals surface area contributed by atoms with E-state index in [0.29, 0.717) is 6.54 Å². The lowest BCUT2D eigenvalue weighted by Gasteiger charge is -2.24. The van der Waals surface area contributed by atoms with Crippen LogP contribution < -0.4 is 16.0 Å². The third-order valence-electron chi connectivity index (χ3n) is 2.68. The smallest absolute Gasteiger partial charge is 0.239 e. The molecular formula is C12H19N3O. The summed E-state index contributed by atoms with van der Waals surface area (Å²) in [5.41, 5.74) is 8.65. The van der Waals surface area contributed by atoms with E-state index in [2.05, 4.69) is 5.32 Å². The van der Waals surface area contributed by atoms with E-state index in [9.17, 15) is 4.79 Å². The number of amides is 1. The van der Waals surface area contributed by atoms with Crippen LogP contribution in [0.15, 0.2) is 18.2 Å². The van der Waals surface area contributed by atoms with Gasteiger partial charge in [0.25, 0.3) is 0 Å². The number of nitrogens with two attached hydrogens (primary N) is 1. The summed E-state index contributed by atoms with van der Waals surface area (Å²) in [6, 6.07) is 5.76. The van der Waals surface area contributed by atoms with Crippen molar-refractivity contribution in [3.05, 3.63) is 23.8 Å². The fourth-order valence-electron chi connectivity index (χ4n) is 1.60. The lowest BCUT2D eigenvalue weighted by molar-refractivity contribution is -0.119. The van der Waals surface area contributed by atoms with Crippen molar-refractivity contribution in [3.8, 4) is 0 Å². The zero-order valence-corrected chi connectivity index (χ0v) is 10.1. The monoisotopic (exact) mass is 221 g/mol. The molecule has 0 heterocycles. The molecule has 1 aromatic rings. The number of likely N-dealkylation sites (N-methyl/N-ethyl adjacent to an activating group) is 2. The maximum atomic E-state index is 11.4. The van der Waals surface area contributed by atoms with E-state index >= 15 is 0 Å². The molecule has 88 valence electrons. The van der Waals surface area contributed by atoms with E-state index in [1.54, 1.807) is 7.05 Å². The number of nitrogens with zero attached hydrogens (tertiary/aromatic N) is 1. The molecule has 0 aliphatic carbocycles. The summed E-state index contributed by atoms with van der Waals surface area (Å²) >= 11 is 0. The molecule has 4 nitrogen and oxygen atoms in total. The van der Waals surface area contributed by atoms with Gasteiger partial charge in [0.2, 0.25) is 5.91 Å². The Morgan fingerprint density at radius 1 is 1.50 bits per heavy atom. The first-order chi connectivity index (χ1) is 7.60. The largest absolute Gasteiger partial charge is 0.398 e. The highest BCUT2D eigenvalue weighted by Crippen LogP contribution is 2.24. The van der Waals surface area contributed by atoms with Crippen LogP contribution in [-0.2, 0) is 4.79 Å². The van der Waals surface area contributed by atoms with Gasteiger partial charge in [-0.25, -0.2) is 0 Å². The van der Waals surface area contributed by atoms with Crippen LogP contribution >= 0.6 is 0 Å². The molecule has 1 amide bonds. The van der Waals surface area contributed by atoms with Gasteiger partial charge in [-0.05, 0) is 31.5 Å². The zero-order valence-electron chi connectivity index (χ0n) is 10.1. The molecule has 0 atom stereocenters. The van der Waals surface area contributed by atoms with Crippen LogP contribution in [0.5, 0.6) is 0 Å². The number of hydrogen-bond donors (Lipinski definition) is 2. The normalized spacial score (nSPS) is 9.94. The summed E-state index contributed by atoms with van der Waals surface area (Å²) in [5, 5.41) is 2.62.